The molecular weight excluding hydrogens is 218 g/mol. The maximum Gasteiger partial charge on any atom is 0.320 e. The van der Waals surface area contributed by atoms with Gasteiger partial charge in [-0.2, -0.15) is 24.4 Å². The normalized spacial score (nSPS) is 10.3. The molecular formula is C6H16ClNO2S2. The number of hydrogen-bond acceptors (Lipinski definition) is 4. The largest absolute Gasteiger partial charge is 0.480 e. The topological polar surface area (TPSA) is 63.3 Å². The molecule has 12 heavy (non-hydrogen) atoms. The minimum Gasteiger partial charge on any atom is -0.480 e. The van der Waals surface area contributed by atoms with Crippen molar-refractivity contribution >= 4 is 42.8 Å². The van der Waals surface area contributed by atoms with E-state index in [-0.39, 0.29) is 12.4 Å². The Kier molecular flexibility index (Phi) is 21.3. The van der Waals surface area contributed by atoms with Crippen LogP contribution in [0, 0.1) is 0 Å². The van der Waals surface area contributed by atoms with E-state index >= 15 is 0 Å². The van der Waals surface area contributed by atoms with Gasteiger partial charge in [0.15, 0.2) is 0 Å². The second kappa shape index (κ2) is 14.0. The first-order chi connectivity index (χ1) is 5.18. The van der Waals surface area contributed by atoms with Crippen LogP contribution in [0.1, 0.15) is 6.42 Å². The first-order valence-corrected chi connectivity index (χ1v) is 5.39. The molecule has 76 valence electrons. The van der Waals surface area contributed by atoms with Crippen LogP contribution >= 0.6 is 36.8 Å². The summed E-state index contributed by atoms with van der Waals surface area (Å²) >= 11 is 5.13. The second-order valence-corrected chi connectivity index (χ2v) is 2.71. The SMILES string of the molecule is CS.CSCCC(N)C(=O)O.Cl. The van der Waals surface area contributed by atoms with E-state index < -0.39 is 12.0 Å². The molecule has 0 saturated carbocycles. The third-order valence-electron chi connectivity index (χ3n) is 0.950. The highest BCUT2D eigenvalue weighted by atomic mass is 35.5. The lowest BCUT2D eigenvalue weighted by Gasteiger charge is -2.02. The molecule has 1 unspecified atom stereocenters. The Bertz CT molecular complexity index is 106. The lowest BCUT2D eigenvalue weighted by molar-refractivity contribution is -0.138. The Balaban J connectivity index is -0.000000249. The summed E-state index contributed by atoms with van der Waals surface area (Å²) in [7, 11) is 0. The zero-order valence-corrected chi connectivity index (χ0v) is 9.72. The van der Waals surface area contributed by atoms with E-state index in [0.29, 0.717) is 6.42 Å². The van der Waals surface area contributed by atoms with E-state index in [4.69, 9.17) is 10.8 Å². The second-order valence-electron chi connectivity index (χ2n) is 1.73. The van der Waals surface area contributed by atoms with Crippen LogP contribution < -0.4 is 5.73 Å². The number of nitrogens with two attached hydrogens (primary N) is 1. The van der Waals surface area contributed by atoms with Crippen LogP contribution in [0.4, 0.5) is 0 Å². The number of hydrogen-bond donors (Lipinski definition) is 3. The van der Waals surface area contributed by atoms with Crippen molar-refractivity contribution < 1.29 is 9.90 Å². The van der Waals surface area contributed by atoms with Crippen LogP contribution in [0.25, 0.3) is 0 Å². The summed E-state index contributed by atoms with van der Waals surface area (Å²) in [5.41, 5.74) is 5.19. The minimum absolute atomic E-state index is 0. The molecule has 3 N–H and O–H groups in total. The summed E-state index contributed by atoms with van der Waals surface area (Å²) in [6.07, 6.45) is 4.17. The van der Waals surface area contributed by atoms with Crippen LogP contribution in [0.15, 0.2) is 0 Å². The van der Waals surface area contributed by atoms with Gasteiger partial charge >= 0.3 is 5.97 Å². The van der Waals surface area contributed by atoms with Crippen LogP contribution in [-0.2, 0) is 4.79 Å². The molecule has 0 aliphatic rings. The number of thiol groups is 1. The summed E-state index contributed by atoms with van der Waals surface area (Å²) in [6, 6.07) is -0.683. The molecule has 0 aliphatic carbocycles. The first-order valence-electron chi connectivity index (χ1n) is 3.10. The Labute approximate surface area is 89.3 Å². The van der Waals surface area contributed by atoms with Crippen molar-refractivity contribution in [2.75, 3.05) is 18.3 Å². The Morgan fingerprint density at radius 2 is 2.08 bits per heavy atom. The summed E-state index contributed by atoms with van der Waals surface area (Å²) in [5, 5.41) is 8.27. The number of carbonyl (C=O) groups is 1. The van der Waals surface area contributed by atoms with Gasteiger partial charge in [0.05, 0.1) is 0 Å². The summed E-state index contributed by atoms with van der Waals surface area (Å²) in [4.78, 5) is 10.1. The van der Waals surface area contributed by atoms with Crippen LogP contribution in [0.2, 0.25) is 0 Å². The van der Waals surface area contributed by atoms with Gasteiger partial charge in [0.2, 0.25) is 0 Å². The van der Waals surface area contributed by atoms with E-state index in [0.717, 1.165) is 5.75 Å². The molecule has 0 fully saturated rings. The average molecular weight is 234 g/mol. The monoisotopic (exact) mass is 233 g/mol. The highest BCUT2D eigenvalue weighted by Gasteiger charge is 2.08. The molecule has 0 heterocycles. The molecule has 0 aromatic heterocycles. The van der Waals surface area contributed by atoms with E-state index in [2.05, 4.69) is 12.6 Å². The average Bonchev–Trinajstić information content (AvgIpc) is 2.03. The number of rotatable bonds is 4. The molecule has 0 rings (SSSR count). The Hall–Kier alpha value is 0.420. The lowest BCUT2D eigenvalue weighted by Crippen LogP contribution is -2.30. The molecule has 6 heteroatoms. The van der Waals surface area contributed by atoms with E-state index in [9.17, 15) is 4.79 Å². The van der Waals surface area contributed by atoms with Gasteiger partial charge in [0.1, 0.15) is 6.04 Å². The third kappa shape index (κ3) is 13.0. The fraction of sp³-hybridized carbons (Fsp3) is 0.833. The standard InChI is InChI=1S/C5H11NO2S.CH4S.ClH/c1-9-3-2-4(6)5(7)8;1-2;/h4H,2-3,6H2,1H3,(H,7,8);2H,1H3;1H. The van der Waals surface area contributed by atoms with Gasteiger partial charge < -0.3 is 10.8 Å². The maximum absolute atomic E-state index is 10.1. The number of carboxylic acids is 1. The van der Waals surface area contributed by atoms with Gasteiger partial charge in [0, 0.05) is 0 Å². The molecule has 0 aromatic rings. The summed E-state index contributed by atoms with van der Waals surface area (Å²) in [6.45, 7) is 0. The van der Waals surface area contributed by atoms with Crippen molar-refractivity contribution in [3.8, 4) is 0 Å². The van der Waals surface area contributed by atoms with Crippen molar-refractivity contribution in [2.24, 2.45) is 5.73 Å². The summed E-state index contributed by atoms with van der Waals surface area (Å²) < 4.78 is 0. The molecule has 0 aliphatic heterocycles. The van der Waals surface area contributed by atoms with Gasteiger partial charge in [-0.3, -0.25) is 4.79 Å². The molecule has 0 aromatic carbocycles. The Morgan fingerprint density at radius 3 is 2.33 bits per heavy atom. The maximum atomic E-state index is 10.1. The predicted molar refractivity (Wildman–Crippen MR) is 60.8 cm³/mol. The predicted octanol–water partition coefficient (Wildman–Crippen LogP) is 1.12. The van der Waals surface area contributed by atoms with Gasteiger partial charge in [-0.25, -0.2) is 0 Å². The first kappa shape index (κ1) is 18.3. The Morgan fingerprint density at radius 1 is 1.67 bits per heavy atom. The van der Waals surface area contributed by atoms with E-state index in [1.807, 2.05) is 6.26 Å². The number of carboxylic acid groups (broad SMARTS) is 1. The van der Waals surface area contributed by atoms with Crippen molar-refractivity contribution in [3.63, 3.8) is 0 Å². The number of thioether (sulfide) groups is 1. The van der Waals surface area contributed by atoms with Crippen LogP contribution in [0.3, 0.4) is 0 Å². The fourth-order valence-corrected chi connectivity index (χ4v) is 0.858. The van der Waals surface area contributed by atoms with Crippen molar-refractivity contribution in [2.45, 2.75) is 12.5 Å². The van der Waals surface area contributed by atoms with Gasteiger partial charge in [-0.05, 0) is 24.7 Å². The zero-order chi connectivity index (χ0) is 9.28. The molecule has 0 amide bonds. The van der Waals surface area contributed by atoms with Crippen LogP contribution in [-0.4, -0.2) is 35.4 Å². The van der Waals surface area contributed by atoms with Crippen molar-refractivity contribution in [1.29, 1.82) is 0 Å². The zero-order valence-electron chi connectivity index (χ0n) is 7.19. The highest BCUT2D eigenvalue weighted by Crippen LogP contribution is 1.97. The summed E-state index contributed by atoms with van der Waals surface area (Å²) in [5.74, 6) is -0.1000. The lowest BCUT2D eigenvalue weighted by atomic mass is 10.2. The molecule has 0 spiro atoms. The minimum atomic E-state index is -0.913. The van der Waals surface area contributed by atoms with E-state index in [1.54, 1.807) is 18.0 Å². The quantitative estimate of drug-likeness (QED) is 0.637. The third-order valence-corrected chi connectivity index (χ3v) is 1.59. The van der Waals surface area contributed by atoms with Crippen LogP contribution in [0.5, 0.6) is 0 Å². The van der Waals surface area contributed by atoms with Gasteiger partial charge in [-0.1, -0.05) is 0 Å². The highest BCUT2D eigenvalue weighted by molar-refractivity contribution is 7.98. The molecule has 0 radical (unpaired) electrons. The molecule has 0 bridgehead atoms. The van der Waals surface area contributed by atoms with Gasteiger partial charge in [0.25, 0.3) is 0 Å². The van der Waals surface area contributed by atoms with Crippen molar-refractivity contribution in [3.05, 3.63) is 0 Å². The number of halogens is 1. The van der Waals surface area contributed by atoms with Gasteiger partial charge in [-0.15, -0.1) is 12.4 Å². The fourth-order valence-electron chi connectivity index (χ4n) is 0.368. The number of aliphatic carboxylic acids is 1. The molecule has 0 saturated heterocycles. The van der Waals surface area contributed by atoms with Crippen molar-refractivity contribution in [1.82, 2.24) is 0 Å². The smallest absolute Gasteiger partial charge is 0.320 e. The molecule has 1 atom stereocenters. The molecule has 3 nitrogen and oxygen atoms in total. The van der Waals surface area contributed by atoms with E-state index in [1.165, 1.54) is 0 Å².